The van der Waals surface area contributed by atoms with Crippen molar-refractivity contribution < 1.29 is 63.3 Å². The molecule has 390 valence electrons. The third-order valence-electron chi connectivity index (χ3n) is 10.7. The summed E-state index contributed by atoms with van der Waals surface area (Å²) in [7, 11) is 0. The van der Waals surface area contributed by atoms with Gasteiger partial charge in [-0.15, -0.1) is 0 Å². The Labute approximate surface area is 410 Å². The number of benzene rings is 1. The molecule has 2 rings (SSSR count). The third-order valence-corrected chi connectivity index (χ3v) is 11.0. The molecular formula is C42H68N14O13S. The fourth-order valence-electron chi connectivity index (χ4n) is 7.26. The van der Waals surface area contributed by atoms with E-state index < -0.39 is 78.4 Å². The molecular weight excluding hydrogens is 941 g/mol. The van der Waals surface area contributed by atoms with Crippen LogP contribution in [0.3, 0.4) is 0 Å². The van der Waals surface area contributed by atoms with E-state index in [1.807, 2.05) is 49.2 Å². The first-order valence-corrected chi connectivity index (χ1v) is 23.0. The first kappa shape index (κ1) is 59.4. The molecule has 0 aliphatic carbocycles. The largest absolute Gasteiger partial charge is 0.481 e. The molecule has 28 heteroatoms. The number of carboxylic acids is 3. The molecule has 1 fully saturated rings. The van der Waals surface area contributed by atoms with Crippen molar-refractivity contribution in [2.45, 2.75) is 69.5 Å². The number of aliphatic carboxylic acids is 3. The number of urea groups is 1. The van der Waals surface area contributed by atoms with Gasteiger partial charge in [-0.25, -0.2) is 14.4 Å². The highest BCUT2D eigenvalue weighted by Crippen LogP contribution is 2.16. The molecule has 27 nitrogen and oxygen atoms in total. The number of amides is 8. The van der Waals surface area contributed by atoms with Crippen LogP contribution in [0.25, 0.3) is 0 Å². The summed E-state index contributed by atoms with van der Waals surface area (Å²) >= 11 is 5.42. The van der Waals surface area contributed by atoms with Gasteiger partial charge in [0.2, 0.25) is 35.4 Å². The van der Waals surface area contributed by atoms with Crippen molar-refractivity contribution in [2.75, 3.05) is 96.9 Å². The minimum absolute atomic E-state index is 0.0325. The molecule has 1 aliphatic heterocycles. The monoisotopic (exact) mass is 1010 g/mol. The van der Waals surface area contributed by atoms with Crippen LogP contribution in [0.2, 0.25) is 0 Å². The number of rotatable bonds is 29. The predicted molar refractivity (Wildman–Crippen MR) is 256 cm³/mol. The van der Waals surface area contributed by atoms with Gasteiger partial charge in [0.25, 0.3) is 0 Å². The molecule has 1 aromatic rings. The van der Waals surface area contributed by atoms with Crippen LogP contribution in [0.5, 0.6) is 0 Å². The standard InChI is InChI=1S/C42H68N14O13S/c43-32(57)23-53-15-16-54(24-33(44)58)19-20-56(26-35(46)60)29(22-55(18-17-53)25-34(45)59)21-27-4-6-28(7-5-27)50-42(70)49-14-13-48-37(62)10-9-36(61)47-12-2-1-3-30(39(65)66)51-41(69)52-31(40(67)68)8-11-38(63)64/h4-7,29-31H,1-3,8-26H2,(H2,43,57)(H2,44,58)(H2,45,59)(H2,46,60)(H,47,61)(H,48,62)(H,63,64)(H,65,66)(H,67,68)(H2,49,50,70)(H2,51,52,69). The van der Waals surface area contributed by atoms with Crippen LogP contribution < -0.4 is 54.8 Å². The molecule has 3 unspecified atom stereocenters. The van der Waals surface area contributed by atoms with Crippen molar-refractivity contribution in [3.63, 3.8) is 0 Å². The SMILES string of the molecule is NC(=O)CN1CCN(CC(N)=O)CCN(CC(N)=O)C(Cc2ccc(NC(=S)NCCNC(=O)CCC(=O)NCCCCC(NC(=O)NC(CCC(=O)O)C(=O)O)C(=O)O)cc2)CN(CC(N)=O)CC1. The second-order valence-corrected chi connectivity index (χ2v) is 17.0. The Morgan fingerprint density at radius 1 is 0.586 bits per heavy atom. The first-order chi connectivity index (χ1) is 33.1. The van der Waals surface area contributed by atoms with Gasteiger partial charge in [-0.3, -0.25) is 53.2 Å². The summed E-state index contributed by atoms with van der Waals surface area (Å²) in [6, 6.07) is 3.03. The fraction of sp³-hybridized carbons (Fsp3) is 0.595. The second-order valence-electron chi connectivity index (χ2n) is 16.6. The van der Waals surface area contributed by atoms with E-state index in [9.17, 15) is 58.2 Å². The van der Waals surface area contributed by atoms with Crippen LogP contribution in [0.4, 0.5) is 10.5 Å². The molecule has 17 N–H and O–H groups in total. The minimum Gasteiger partial charge on any atom is -0.481 e. The number of nitrogens with two attached hydrogens (primary N) is 4. The van der Waals surface area contributed by atoms with Crippen molar-refractivity contribution >= 4 is 82.4 Å². The van der Waals surface area contributed by atoms with E-state index in [1.54, 1.807) is 0 Å². The highest BCUT2D eigenvalue weighted by Gasteiger charge is 2.28. The molecule has 0 bridgehead atoms. The summed E-state index contributed by atoms with van der Waals surface area (Å²) in [5.74, 6) is -7.08. The second kappa shape index (κ2) is 32.1. The lowest BCUT2D eigenvalue weighted by Gasteiger charge is -2.38. The van der Waals surface area contributed by atoms with Gasteiger partial charge in [0.05, 0.1) is 26.2 Å². The maximum atomic E-state index is 12.4. The Morgan fingerprint density at radius 3 is 1.57 bits per heavy atom. The maximum Gasteiger partial charge on any atom is 0.326 e. The molecule has 1 saturated heterocycles. The Balaban J connectivity index is 1.84. The molecule has 0 saturated carbocycles. The number of hydrogen-bond donors (Lipinski definition) is 13. The van der Waals surface area contributed by atoms with E-state index in [0.29, 0.717) is 64.3 Å². The van der Waals surface area contributed by atoms with E-state index >= 15 is 0 Å². The normalized spacial score (nSPS) is 16.1. The molecule has 1 heterocycles. The predicted octanol–water partition coefficient (Wildman–Crippen LogP) is -4.70. The van der Waals surface area contributed by atoms with E-state index in [0.717, 1.165) is 5.56 Å². The molecule has 1 aromatic carbocycles. The molecule has 0 radical (unpaired) electrons. The average Bonchev–Trinajstić information content (AvgIpc) is 3.26. The van der Waals surface area contributed by atoms with E-state index in [-0.39, 0.29) is 88.6 Å². The smallest absolute Gasteiger partial charge is 0.326 e. The first-order valence-electron chi connectivity index (χ1n) is 22.6. The zero-order valence-electron chi connectivity index (χ0n) is 39.0. The van der Waals surface area contributed by atoms with Crippen LogP contribution in [0.1, 0.15) is 50.5 Å². The van der Waals surface area contributed by atoms with Crippen LogP contribution in [0.15, 0.2) is 24.3 Å². The number of carbonyl (C=O) groups excluding carboxylic acids is 7. The Bertz CT molecular complexity index is 1960. The Hall–Kier alpha value is -6.75. The van der Waals surface area contributed by atoms with Crippen LogP contribution in [0, 0.1) is 0 Å². The van der Waals surface area contributed by atoms with Crippen LogP contribution in [-0.2, 0) is 49.6 Å². The number of hydrogen-bond acceptors (Lipinski definition) is 15. The van der Waals surface area contributed by atoms with Crippen molar-refractivity contribution in [3.05, 3.63) is 29.8 Å². The highest BCUT2D eigenvalue weighted by atomic mass is 32.1. The molecule has 0 aromatic heterocycles. The summed E-state index contributed by atoms with van der Waals surface area (Å²) in [5, 5.41) is 43.2. The summed E-state index contributed by atoms with van der Waals surface area (Å²) in [6.45, 7) is 2.82. The summed E-state index contributed by atoms with van der Waals surface area (Å²) in [4.78, 5) is 126. The zero-order chi connectivity index (χ0) is 52.2. The van der Waals surface area contributed by atoms with Gasteiger partial charge in [-0.05, 0) is 62.0 Å². The van der Waals surface area contributed by atoms with Crippen molar-refractivity contribution in [2.24, 2.45) is 22.9 Å². The van der Waals surface area contributed by atoms with Gasteiger partial charge in [-0.1, -0.05) is 12.1 Å². The number of nitrogens with zero attached hydrogens (tertiary/aromatic N) is 4. The van der Waals surface area contributed by atoms with Crippen molar-refractivity contribution in [1.29, 1.82) is 0 Å². The van der Waals surface area contributed by atoms with Gasteiger partial charge in [0.1, 0.15) is 12.1 Å². The number of primary amides is 4. The molecule has 8 amide bonds. The van der Waals surface area contributed by atoms with Crippen LogP contribution >= 0.6 is 12.2 Å². The average molecular weight is 1010 g/mol. The number of anilines is 1. The Morgan fingerprint density at radius 2 is 1.06 bits per heavy atom. The topological polar surface area (TPSA) is 421 Å². The number of carbonyl (C=O) groups is 10. The van der Waals surface area contributed by atoms with E-state index in [4.69, 9.17) is 40.3 Å². The summed E-state index contributed by atoms with van der Waals surface area (Å²) in [5.41, 5.74) is 23.9. The van der Waals surface area contributed by atoms with Gasteiger partial charge < -0.3 is 70.2 Å². The minimum atomic E-state index is -1.53. The summed E-state index contributed by atoms with van der Waals surface area (Å²) in [6.07, 6.45) is -0.144. The van der Waals surface area contributed by atoms with Gasteiger partial charge >= 0.3 is 23.9 Å². The zero-order valence-corrected chi connectivity index (χ0v) is 39.8. The number of carboxylic acid groups (broad SMARTS) is 3. The lowest BCUT2D eigenvalue weighted by Crippen LogP contribution is -2.54. The third kappa shape index (κ3) is 26.7. The Kier molecular flexibility index (Phi) is 27.3. The fourth-order valence-corrected chi connectivity index (χ4v) is 7.48. The number of thiocarbonyl (C=S) groups is 1. The molecule has 0 spiro atoms. The lowest BCUT2D eigenvalue weighted by molar-refractivity contribution is -0.141. The quantitative estimate of drug-likeness (QED) is 0.0265. The van der Waals surface area contributed by atoms with Gasteiger partial charge in [0, 0.05) is 96.4 Å². The maximum absolute atomic E-state index is 12.4. The number of unbranched alkanes of at least 4 members (excludes halogenated alkanes) is 1. The van der Waals surface area contributed by atoms with Crippen molar-refractivity contribution in [3.8, 4) is 0 Å². The van der Waals surface area contributed by atoms with Crippen LogP contribution in [-0.4, -0.2) is 209 Å². The van der Waals surface area contributed by atoms with Gasteiger partial charge in [-0.2, -0.15) is 0 Å². The lowest BCUT2D eigenvalue weighted by atomic mass is 10.0. The highest BCUT2D eigenvalue weighted by molar-refractivity contribution is 7.80. The van der Waals surface area contributed by atoms with Crippen molar-refractivity contribution in [1.82, 2.24) is 46.2 Å². The van der Waals surface area contributed by atoms with E-state index in [2.05, 4.69) is 26.6 Å². The van der Waals surface area contributed by atoms with Gasteiger partial charge in [0.15, 0.2) is 5.11 Å². The molecule has 70 heavy (non-hydrogen) atoms. The molecule has 1 aliphatic rings. The van der Waals surface area contributed by atoms with E-state index in [1.165, 1.54) is 0 Å². The molecule has 3 atom stereocenters. The number of nitrogens with one attached hydrogen (secondary N) is 6. The summed E-state index contributed by atoms with van der Waals surface area (Å²) < 4.78 is 0.